The largest absolute Gasteiger partial charge is 0.495 e. The highest BCUT2D eigenvalue weighted by molar-refractivity contribution is 5.73. The van der Waals surface area contributed by atoms with E-state index >= 15 is 0 Å². The van der Waals surface area contributed by atoms with Gasteiger partial charge in [-0.3, -0.25) is 0 Å². The van der Waals surface area contributed by atoms with Gasteiger partial charge in [-0.15, -0.1) is 0 Å². The number of benzene rings is 1. The molecular weight excluding hydrogens is 263 g/mol. The first kappa shape index (κ1) is 14.9. The quantitative estimate of drug-likeness (QED) is 0.732. The molecule has 0 atom stereocenters. The Kier molecular flexibility index (Phi) is 4.85. The van der Waals surface area contributed by atoms with E-state index in [0.29, 0.717) is 17.0 Å². The summed E-state index contributed by atoms with van der Waals surface area (Å²) in [6, 6.07) is 3.94. The van der Waals surface area contributed by atoms with Crippen molar-refractivity contribution in [2.45, 2.75) is 12.7 Å². The first-order chi connectivity index (χ1) is 8.81. The van der Waals surface area contributed by atoms with Crippen LogP contribution in [0.1, 0.15) is 5.56 Å². The number of halogens is 3. The molecule has 0 saturated carbocycles. The maximum atomic E-state index is 11.8. The van der Waals surface area contributed by atoms with Gasteiger partial charge in [0.15, 0.2) is 0 Å². The molecule has 0 bridgehead atoms. The molecular formula is C11H14F3N3O2. The molecule has 0 fully saturated rings. The number of carbonyl (C=O) groups excluding carboxylic acids is 1. The fourth-order valence-corrected chi connectivity index (χ4v) is 1.32. The van der Waals surface area contributed by atoms with E-state index in [1.165, 1.54) is 7.11 Å². The van der Waals surface area contributed by atoms with Crippen LogP contribution >= 0.6 is 0 Å². The number of amides is 2. The number of carbonyl (C=O) groups is 1. The molecule has 5 nitrogen and oxygen atoms in total. The topological polar surface area (TPSA) is 76.4 Å². The van der Waals surface area contributed by atoms with E-state index in [1.807, 2.05) is 0 Å². The SMILES string of the molecule is COc1ccc(CNC(=O)NCC(F)(F)F)cc1N. The molecule has 0 aliphatic heterocycles. The van der Waals surface area contributed by atoms with Gasteiger partial charge in [-0.25, -0.2) is 4.79 Å². The maximum absolute atomic E-state index is 11.8. The van der Waals surface area contributed by atoms with Gasteiger partial charge in [0.05, 0.1) is 12.8 Å². The summed E-state index contributed by atoms with van der Waals surface area (Å²) in [7, 11) is 1.47. The van der Waals surface area contributed by atoms with Crippen LogP contribution < -0.4 is 21.1 Å². The van der Waals surface area contributed by atoms with Gasteiger partial charge >= 0.3 is 12.2 Å². The predicted molar refractivity (Wildman–Crippen MR) is 63.7 cm³/mol. The van der Waals surface area contributed by atoms with Gasteiger partial charge in [-0.2, -0.15) is 13.2 Å². The minimum Gasteiger partial charge on any atom is -0.495 e. The number of nitrogens with one attached hydrogen (secondary N) is 2. The predicted octanol–water partition coefficient (Wildman–Crippen LogP) is 1.64. The van der Waals surface area contributed by atoms with E-state index in [-0.39, 0.29) is 6.54 Å². The number of anilines is 1. The maximum Gasteiger partial charge on any atom is 0.405 e. The number of nitrogen functional groups attached to an aromatic ring is 1. The number of rotatable bonds is 4. The van der Waals surface area contributed by atoms with Crippen molar-refractivity contribution < 1.29 is 22.7 Å². The molecule has 8 heteroatoms. The second-order valence-corrected chi connectivity index (χ2v) is 3.73. The number of urea groups is 1. The van der Waals surface area contributed by atoms with Crippen molar-refractivity contribution in [3.63, 3.8) is 0 Å². The van der Waals surface area contributed by atoms with Crippen LogP contribution in [0.4, 0.5) is 23.7 Å². The number of methoxy groups -OCH3 is 1. The normalized spacial score (nSPS) is 10.9. The van der Waals surface area contributed by atoms with Crippen molar-refractivity contribution >= 4 is 11.7 Å². The lowest BCUT2D eigenvalue weighted by Crippen LogP contribution is -2.40. The molecule has 19 heavy (non-hydrogen) atoms. The Hall–Kier alpha value is -2.12. The van der Waals surface area contributed by atoms with Crippen molar-refractivity contribution in [3.05, 3.63) is 23.8 Å². The molecule has 0 aromatic heterocycles. The van der Waals surface area contributed by atoms with Gasteiger partial charge in [0.2, 0.25) is 0 Å². The lowest BCUT2D eigenvalue weighted by atomic mass is 10.2. The van der Waals surface area contributed by atoms with E-state index in [4.69, 9.17) is 10.5 Å². The Morgan fingerprint density at radius 1 is 1.37 bits per heavy atom. The molecule has 1 rings (SSSR count). The first-order valence-corrected chi connectivity index (χ1v) is 5.32. The fraction of sp³-hybridized carbons (Fsp3) is 0.364. The second kappa shape index (κ2) is 6.17. The Morgan fingerprint density at radius 2 is 2.05 bits per heavy atom. The summed E-state index contributed by atoms with van der Waals surface area (Å²) in [5, 5.41) is 3.99. The van der Waals surface area contributed by atoms with Crippen LogP contribution in [0.5, 0.6) is 5.75 Å². The Labute approximate surface area is 107 Å². The fourth-order valence-electron chi connectivity index (χ4n) is 1.32. The van der Waals surface area contributed by atoms with Crippen LogP contribution in [-0.2, 0) is 6.54 Å². The zero-order chi connectivity index (χ0) is 14.5. The number of alkyl halides is 3. The molecule has 0 unspecified atom stereocenters. The highest BCUT2D eigenvalue weighted by Crippen LogP contribution is 2.21. The summed E-state index contributed by atoms with van der Waals surface area (Å²) in [6.45, 7) is -1.30. The molecule has 1 aromatic carbocycles. The van der Waals surface area contributed by atoms with Gasteiger partial charge < -0.3 is 21.1 Å². The summed E-state index contributed by atoms with van der Waals surface area (Å²) in [6.07, 6.45) is -4.43. The molecule has 106 valence electrons. The lowest BCUT2D eigenvalue weighted by molar-refractivity contribution is -0.122. The minimum absolute atomic E-state index is 0.0673. The van der Waals surface area contributed by atoms with E-state index in [2.05, 4.69) is 5.32 Å². The molecule has 0 aliphatic carbocycles. The Morgan fingerprint density at radius 3 is 2.58 bits per heavy atom. The Bertz CT molecular complexity index is 449. The molecule has 0 aliphatic rings. The van der Waals surface area contributed by atoms with Gasteiger partial charge in [-0.1, -0.05) is 6.07 Å². The minimum atomic E-state index is -4.43. The monoisotopic (exact) mass is 277 g/mol. The van der Waals surface area contributed by atoms with Gasteiger partial charge in [0.25, 0.3) is 0 Å². The third-order valence-corrected chi connectivity index (χ3v) is 2.20. The highest BCUT2D eigenvalue weighted by Gasteiger charge is 2.27. The molecule has 0 heterocycles. The average molecular weight is 277 g/mol. The van der Waals surface area contributed by atoms with Crippen LogP contribution in [0.25, 0.3) is 0 Å². The number of hydrogen-bond donors (Lipinski definition) is 3. The molecule has 2 amide bonds. The summed E-state index contributed by atoms with van der Waals surface area (Å²) in [4.78, 5) is 11.1. The summed E-state index contributed by atoms with van der Waals surface area (Å²) >= 11 is 0. The first-order valence-electron chi connectivity index (χ1n) is 5.32. The molecule has 0 radical (unpaired) electrons. The van der Waals surface area contributed by atoms with Gasteiger partial charge in [0.1, 0.15) is 12.3 Å². The average Bonchev–Trinajstić information content (AvgIpc) is 2.33. The standard InChI is InChI=1S/C11H14F3N3O2/c1-19-9-3-2-7(4-8(9)15)5-16-10(18)17-6-11(12,13)14/h2-4H,5-6,15H2,1H3,(H2,16,17,18). The summed E-state index contributed by atoms with van der Waals surface area (Å²) in [5.41, 5.74) is 6.69. The smallest absolute Gasteiger partial charge is 0.405 e. The second-order valence-electron chi connectivity index (χ2n) is 3.73. The van der Waals surface area contributed by atoms with Crippen molar-refractivity contribution in [1.82, 2.24) is 10.6 Å². The van der Waals surface area contributed by atoms with E-state index in [0.717, 1.165) is 0 Å². The third kappa shape index (κ3) is 5.36. The molecule has 4 N–H and O–H groups in total. The third-order valence-electron chi connectivity index (χ3n) is 2.20. The lowest BCUT2D eigenvalue weighted by Gasteiger charge is -2.11. The zero-order valence-electron chi connectivity index (χ0n) is 10.2. The van der Waals surface area contributed by atoms with Crippen LogP contribution in [-0.4, -0.2) is 25.9 Å². The number of hydrogen-bond acceptors (Lipinski definition) is 3. The molecule has 1 aromatic rings. The van der Waals surface area contributed by atoms with Gasteiger partial charge in [-0.05, 0) is 17.7 Å². The van der Waals surface area contributed by atoms with Crippen molar-refractivity contribution in [2.75, 3.05) is 19.4 Å². The number of ether oxygens (including phenoxy) is 1. The van der Waals surface area contributed by atoms with Gasteiger partial charge in [0, 0.05) is 6.54 Å². The van der Waals surface area contributed by atoms with Crippen molar-refractivity contribution in [3.8, 4) is 5.75 Å². The Balaban J connectivity index is 2.44. The van der Waals surface area contributed by atoms with Crippen LogP contribution in [0.2, 0.25) is 0 Å². The van der Waals surface area contributed by atoms with E-state index in [9.17, 15) is 18.0 Å². The highest BCUT2D eigenvalue weighted by atomic mass is 19.4. The van der Waals surface area contributed by atoms with E-state index in [1.54, 1.807) is 23.5 Å². The molecule has 0 spiro atoms. The van der Waals surface area contributed by atoms with Crippen LogP contribution in [0, 0.1) is 0 Å². The number of nitrogens with two attached hydrogens (primary N) is 1. The zero-order valence-corrected chi connectivity index (χ0v) is 10.2. The van der Waals surface area contributed by atoms with Crippen LogP contribution in [0.15, 0.2) is 18.2 Å². The summed E-state index contributed by atoms with van der Waals surface area (Å²) in [5.74, 6) is 0.491. The molecule has 0 saturated heterocycles. The van der Waals surface area contributed by atoms with Crippen LogP contribution in [0.3, 0.4) is 0 Å². The van der Waals surface area contributed by atoms with Crippen molar-refractivity contribution in [1.29, 1.82) is 0 Å². The summed E-state index contributed by atoms with van der Waals surface area (Å²) < 4.78 is 40.5. The van der Waals surface area contributed by atoms with E-state index < -0.39 is 18.8 Å². The van der Waals surface area contributed by atoms with Crippen molar-refractivity contribution in [2.24, 2.45) is 0 Å².